The Morgan fingerprint density at radius 2 is 2.10 bits per heavy atom. The van der Waals surface area contributed by atoms with E-state index in [9.17, 15) is 9.59 Å². The maximum absolute atomic E-state index is 12.4. The molecular formula is C17H16N2O2. The maximum atomic E-state index is 12.4. The van der Waals surface area contributed by atoms with Gasteiger partial charge in [-0.1, -0.05) is 18.2 Å². The molecule has 0 N–H and O–H groups in total. The Morgan fingerprint density at radius 3 is 2.76 bits per heavy atom. The summed E-state index contributed by atoms with van der Waals surface area (Å²) >= 11 is 0. The molecule has 0 spiro atoms. The number of carbonyl (C=O) groups excluding carboxylic acids is 2. The van der Waals surface area contributed by atoms with E-state index < -0.39 is 0 Å². The number of hydrogen-bond donors (Lipinski definition) is 0. The molecule has 0 saturated heterocycles. The number of pyridine rings is 1. The van der Waals surface area contributed by atoms with Crippen LogP contribution in [0.5, 0.6) is 0 Å². The van der Waals surface area contributed by atoms with Crippen molar-refractivity contribution in [3.63, 3.8) is 0 Å². The lowest BCUT2D eigenvalue weighted by molar-refractivity contribution is 0.0766. The van der Waals surface area contributed by atoms with Crippen molar-refractivity contribution in [2.45, 2.75) is 26.9 Å². The second kappa shape index (κ2) is 5.13. The molecule has 0 unspecified atom stereocenters. The third-order valence-electron chi connectivity index (χ3n) is 3.97. The normalized spacial score (nSPS) is 13.4. The topological polar surface area (TPSA) is 50.3 Å². The summed E-state index contributed by atoms with van der Waals surface area (Å²) in [6.45, 7) is 4.98. The van der Waals surface area contributed by atoms with Gasteiger partial charge in [-0.3, -0.25) is 14.6 Å². The number of nitrogens with zero attached hydrogens (tertiary/aromatic N) is 2. The highest BCUT2D eigenvalue weighted by Crippen LogP contribution is 2.26. The number of amides is 1. The van der Waals surface area contributed by atoms with E-state index in [1.165, 1.54) is 0 Å². The second-order valence-corrected chi connectivity index (χ2v) is 5.39. The first kappa shape index (κ1) is 13.5. The van der Waals surface area contributed by atoms with E-state index in [1.807, 2.05) is 30.9 Å². The fourth-order valence-electron chi connectivity index (χ4n) is 2.75. The largest absolute Gasteiger partial charge is 0.330 e. The number of aromatic nitrogens is 1. The molecule has 2 aromatic rings. The lowest BCUT2D eigenvalue weighted by atomic mass is 10.1. The zero-order chi connectivity index (χ0) is 15.0. The molecule has 1 aliphatic heterocycles. The van der Waals surface area contributed by atoms with Crippen molar-refractivity contribution in [2.75, 3.05) is 0 Å². The summed E-state index contributed by atoms with van der Waals surface area (Å²) in [5, 5.41) is 0. The first-order valence-corrected chi connectivity index (χ1v) is 6.88. The number of hydrogen-bond acceptors (Lipinski definition) is 3. The fourth-order valence-corrected chi connectivity index (χ4v) is 2.75. The molecule has 1 aromatic carbocycles. The molecule has 4 nitrogen and oxygen atoms in total. The van der Waals surface area contributed by atoms with Gasteiger partial charge in [0.2, 0.25) is 0 Å². The van der Waals surface area contributed by atoms with Gasteiger partial charge in [-0.05, 0) is 31.0 Å². The van der Waals surface area contributed by atoms with Crippen molar-refractivity contribution < 1.29 is 9.59 Å². The van der Waals surface area contributed by atoms with Crippen molar-refractivity contribution in [1.29, 1.82) is 0 Å². The molecule has 0 fully saturated rings. The van der Waals surface area contributed by atoms with Crippen LogP contribution in [0.2, 0.25) is 0 Å². The molecule has 2 heterocycles. The molecule has 0 bridgehead atoms. The highest BCUT2D eigenvalue weighted by molar-refractivity contribution is 5.98. The minimum atomic E-state index is 0.0487. The number of aldehydes is 1. The predicted molar refractivity (Wildman–Crippen MR) is 79.1 cm³/mol. The minimum absolute atomic E-state index is 0.0487. The molecule has 21 heavy (non-hydrogen) atoms. The van der Waals surface area contributed by atoms with Gasteiger partial charge in [0.1, 0.15) is 6.29 Å². The summed E-state index contributed by atoms with van der Waals surface area (Å²) < 4.78 is 0. The Labute approximate surface area is 123 Å². The Kier molecular flexibility index (Phi) is 3.29. The van der Waals surface area contributed by atoms with Crippen LogP contribution in [0.3, 0.4) is 0 Å². The summed E-state index contributed by atoms with van der Waals surface area (Å²) in [6, 6.07) is 7.45. The molecular weight excluding hydrogens is 264 g/mol. The Hall–Kier alpha value is -2.49. The van der Waals surface area contributed by atoms with E-state index in [-0.39, 0.29) is 5.91 Å². The molecule has 1 aromatic heterocycles. The monoisotopic (exact) mass is 280 g/mol. The molecule has 1 aliphatic rings. The molecule has 0 atom stereocenters. The van der Waals surface area contributed by atoms with Crippen LogP contribution < -0.4 is 0 Å². The molecule has 0 radical (unpaired) electrons. The summed E-state index contributed by atoms with van der Waals surface area (Å²) in [7, 11) is 0. The lowest BCUT2D eigenvalue weighted by Crippen LogP contribution is -2.23. The molecule has 0 saturated carbocycles. The molecule has 4 heteroatoms. The average Bonchev–Trinajstić information content (AvgIpc) is 2.78. The van der Waals surface area contributed by atoms with E-state index in [4.69, 9.17) is 0 Å². The van der Waals surface area contributed by atoms with Crippen LogP contribution in [0.25, 0.3) is 0 Å². The van der Waals surface area contributed by atoms with Gasteiger partial charge in [0.15, 0.2) is 0 Å². The van der Waals surface area contributed by atoms with Gasteiger partial charge < -0.3 is 4.90 Å². The van der Waals surface area contributed by atoms with Gasteiger partial charge in [-0.2, -0.15) is 0 Å². The maximum Gasteiger partial charge on any atom is 0.254 e. The van der Waals surface area contributed by atoms with E-state index in [2.05, 4.69) is 4.98 Å². The van der Waals surface area contributed by atoms with Gasteiger partial charge in [0, 0.05) is 41.7 Å². The minimum Gasteiger partial charge on any atom is -0.330 e. The summed E-state index contributed by atoms with van der Waals surface area (Å²) in [5.41, 5.74) is 5.34. The van der Waals surface area contributed by atoms with Crippen molar-refractivity contribution in [2.24, 2.45) is 0 Å². The van der Waals surface area contributed by atoms with Crippen molar-refractivity contribution >= 4 is 12.2 Å². The van der Waals surface area contributed by atoms with E-state index in [1.54, 1.807) is 18.3 Å². The van der Waals surface area contributed by atoms with Gasteiger partial charge in [0.05, 0.1) is 0 Å². The number of carbonyl (C=O) groups is 2. The van der Waals surface area contributed by atoms with E-state index >= 15 is 0 Å². The van der Waals surface area contributed by atoms with Gasteiger partial charge in [-0.15, -0.1) is 0 Å². The number of benzene rings is 1. The summed E-state index contributed by atoms with van der Waals surface area (Å²) in [5.74, 6) is 0.0487. The SMILES string of the molecule is Cc1cc(CN2Cc3c(ccnc3C)C2=O)ccc1C=O. The first-order valence-electron chi connectivity index (χ1n) is 6.88. The zero-order valence-corrected chi connectivity index (χ0v) is 12.1. The van der Waals surface area contributed by atoms with Gasteiger partial charge in [0.25, 0.3) is 5.91 Å². The summed E-state index contributed by atoms with van der Waals surface area (Å²) in [4.78, 5) is 29.3. The molecule has 1 amide bonds. The van der Waals surface area contributed by atoms with Crippen LogP contribution >= 0.6 is 0 Å². The standard InChI is InChI=1S/C17H16N2O2/c1-11-7-13(3-4-14(11)10-20)8-19-9-16-12(2)18-6-5-15(16)17(19)21/h3-7,10H,8-9H2,1-2H3. The van der Waals surface area contributed by atoms with Crippen LogP contribution in [0, 0.1) is 13.8 Å². The van der Waals surface area contributed by atoms with E-state index in [0.717, 1.165) is 34.2 Å². The Bertz CT molecular complexity index is 738. The number of aryl methyl sites for hydroxylation is 2. The predicted octanol–water partition coefficient (Wildman–Crippen LogP) is 2.67. The van der Waals surface area contributed by atoms with Crippen molar-refractivity contribution in [3.8, 4) is 0 Å². The zero-order valence-electron chi connectivity index (χ0n) is 12.1. The highest BCUT2D eigenvalue weighted by Gasteiger charge is 2.28. The smallest absolute Gasteiger partial charge is 0.254 e. The first-order chi connectivity index (χ1) is 10.1. The highest BCUT2D eigenvalue weighted by atomic mass is 16.2. The quantitative estimate of drug-likeness (QED) is 0.812. The number of fused-ring (bicyclic) bond motifs is 1. The van der Waals surface area contributed by atoms with Gasteiger partial charge in [-0.25, -0.2) is 0 Å². The third-order valence-corrected chi connectivity index (χ3v) is 3.97. The summed E-state index contributed by atoms with van der Waals surface area (Å²) in [6.07, 6.45) is 2.53. The molecule has 3 rings (SSSR count). The molecule has 0 aliphatic carbocycles. The Morgan fingerprint density at radius 1 is 1.29 bits per heavy atom. The van der Waals surface area contributed by atoms with Crippen LogP contribution in [-0.2, 0) is 13.1 Å². The third kappa shape index (κ3) is 2.33. The van der Waals surface area contributed by atoms with Crippen LogP contribution in [-0.4, -0.2) is 22.1 Å². The average molecular weight is 280 g/mol. The fraction of sp³-hybridized carbons (Fsp3) is 0.235. The van der Waals surface area contributed by atoms with Crippen LogP contribution in [0.4, 0.5) is 0 Å². The Balaban J connectivity index is 1.85. The van der Waals surface area contributed by atoms with Crippen LogP contribution in [0.15, 0.2) is 30.5 Å². The number of rotatable bonds is 3. The van der Waals surface area contributed by atoms with E-state index in [0.29, 0.717) is 18.7 Å². The van der Waals surface area contributed by atoms with Gasteiger partial charge >= 0.3 is 0 Å². The van der Waals surface area contributed by atoms with Crippen molar-refractivity contribution in [3.05, 3.63) is 64.0 Å². The second-order valence-electron chi connectivity index (χ2n) is 5.39. The van der Waals surface area contributed by atoms with Crippen molar-refractivity contribution in [1.82, 2.24) is 9.88 Å². The van der Waals surface area contributed by atoms with Crippen LogP contribution in [0.1, 0.15) is 43.1 Å². The lowest BCUT2D eigenvalue weighted by Gasteiger charge is -2.16. The molecule has 106 valence electrons.